The van der Waals surface area contributed by atoms with E-state index in [1.165, 1.54) is 5.57 Å². The van der Waals surface area contributed by atoms with Gasteiger partial charge in [-0.05, 0) is 25.8 Å². The van der Waals surface area contributed by atoms with Gasteiger partial charge in [0.15, 0.2) is 0 Å². The van der Waals surface area contributed by atoms with Crippen LogP contribution in [-0.4, -0.2) is 6.54 Å². The molecule has 0 aliphatic rings. The second-order valence-electron chi connectivity index (χ2n) is 2.54. The molecule has 0 fully saturated rings. The molecule has 0 saturated heterocycles. The van der Waals surface area contributed by atoms with Gasteiger partial charge < -0.3 is 5.73 Å². The molecule has 0 spiro atoms. The molecule has 0 aromatic carbocycles. The molecule has 1 nitrogen and oxygen atoms in total. The fourth-order valence-corrected chi connectivity index (χ4v) is 0.952. The average Bonchev–Trinajstić information content (AvgIpc) is 2.01. The largest absolute Gasteiger partial charge is 0.330 e. The smallest absolute Gasteiger partial charge is 0.00368 e. The molecule has 11 heavy (non-hydrogen) atoms. The van der Waals surface area contributed by atoms with Crippen molar-refractivity contribution in [3.05, 3.63) is 23.8 Å². The van der Waals surface area contributed by atoms with Crippen molar-refractivity contribution in [2.24, 2.45) is 5.73 Å². The van der Waals surface area contributed by atoms with Crippen LogP contribution in [0.3, 0.4) is 0 Å². The Hall–Kier alpha value is -0.560. The summed E-state index contributed by atoms with van der Waals surface area (Å²) in [6.07, 6.45) is 9.80. The molecule has 0 rings (SSSR count). The Labute approximate surface area is 70.0 Å². The highest BCUT2D eigenvalue weighted by atomic mass is 14.5. The van der Waals surface area contributed by atoms with Gasteiger partial charge in [-0.15, -0.1) is 0 Å². The van der Waals surface area contributed by atoms with Crippen LogP contribution in [0.5, 0.6) is 0 Å². The van der Waals surface area contributed by atoms with Crippen LogP contribution in [0.15, 0.2) is 23.8 Å². The Morgan fingerprint density at radius 2 is 2.00 bits per heavy atom. The lowest BCUT2D eigenvalue weighted by Gasteiger charge is -1.97. The van der Waals surface area contributed by atoms with Crippen molar-refractivity contribution in [3.8, 4) is 0 Å². The monoisotopic (exact) mass is 153 g/mol. The van der Waals surface area contributed by atoms with E-state index in [2.05, 4.69) is 32.1 Å². The van der Waals surface area contributed by atoms with Gasteiger partial charge in [-0.1, -0.05) is 37.6 Å². The van der Waals surface area contributed by atoms with Gasteiger partial charge in [0.25, 0.3) is 0 Å². The molecule has 64 valence electrons. The summed E-state index contributed by atoms with van der Waals surface area (Å²) in [5.41, 5.74) is 6.83. The predicted molar refractivity (Wildman–Crippen MR) is 51.5 cm³/mol. The van der Waals surface area contributed by atoms with Gasteiger partial charge in [-0.3, -0.25) is 0 Å². The van der Waals surface area contributed by atoms with Crippen LogP contribution in [0.1, 0.15) is 33.1 Å². The minimum absolute atomic E-state index is 0.750. The van der Waals surface area contributed by atoms with Gasteiger partial charge in [0.05, 0.1) is 0 Å². The maximum Gasteiger partial charge on any atom is -0.00368 e. The number of hydrogen-bond donors (Lipinski definition) is 1. The molecule has 0 bridgehead atoms. The maximum absolute atomic E-state index is 5.46. The van der Waals surface area contributed by atoms with E-state index in [1.807, 2.05) is 0 Å². The first-order chi connectivity index (χ1) is 5.35. The fraction of sp³-hybridized carbons (Fsp3) is 0.600. The normalized spacial score (nSPS) is 12.8. The predicted octanol–water partition coefficient (Wildman–Crippen LogP) is 2.64. The van der Waals surface area contributed by atoms with Crippen LogP contribution in [0.4, 0.5) is 0 Å². The lowest BCUT2D eigenvalue weighted by atomic mass is 10.1. The average molecular weight is 153 g/mol. The van der Waals surface area contributed by atoms with E-state index in [0.29, 0.717) is 0 Å². The van der Waals surface area contributed by atoms with Crippen molar-refractivity contribution in [1.29, 1.82) is 0 Å². The Morgan fingerprint density at radius 3 is 2.45 bits per heavy atom. The summed E-state index contributed by atoms with van der Waals surface area (Å²) in [6, 6.07) is 0. The van der Waals surface area contributed by atoms with Crippen molar-refractivity contribution in [2.45, 2.75) is 33.1 Å². The van der Waals surface area contributed by atoms with Crippen LogP contribution in [-0.2, 0) is 0 Å². The second kappa shape index (κ2) is 7.55. The molecule has 0 amide bonds. The summed E-state index contributed by atoms with van der Waals surface area (Å²) in [7, 11) is 0. The van der Waals surface area contributed by atoms with Gasteiger partial charge in [-0.25, -0.2) is 0 Å². The minimum atomic E-state index is 0.750. The highest BCUT2D eigenvalue weighted by molar-refractivity contribution is 5.18. The minimum Gasteiger partial charge on any atom is -0.330 e. The zero-order valence-corrected chi connectivity index (χ0v) is 7.64. The number of nitrogens with two attached hydrogens (primary N) is 1. The molecule has 0 atom stereocenters. The number of hydrogen-bond acceptors (Lipinski definition) is 1. The van der Waals surface area contributed by atoms with E-state index in [1.54, 1.807) is 0 Å². The Balaban J connectivity index is 3.88. The molecular formula is C10H19N. The summed E-state index contributed by atoms with van der Waals surface area (Å²) in [5, 5.41) is 0. The third-order valence-electron chi connectivity index (χ3n) is 1.47. The molecule has 0 unspecified atom stereocenters. The van der Waals surface area contributed by atoms with Gasteiger partial charge in [0, 0.05) is 0 Å². The SMILES string of the molecule is CC/C=C\C(=C/CC)CCN. The molecule has 0 aliphatic carbocycles. The summed E-state index contributed by atoms with van der Waals surface area (Å²) in [4.78, 5) is 0. The molecule has 0 aliphatic heterocycles. The first-order valence-electron chi connectivity index (χ1n) is 4.40. The number of rotatable bonds is 5. The molecule has 0 saturated carbocycles. The van der Waals surface area contributed by atoms with E-state index >= 15 is 0 Å². The standard InChI is InChI=1S/C10H19N/c1-3-5-7-10(6-4-2)8-9-11/h5-7H,3-4,8-9,11H2,1-2H3/b7-5-,10-6+. The molecule has 0 radical (unpaired) electrons. The summed E-state index contributed by atoms with van der Waals surface area (Å²) >= 11 is 0. The molecular weight excluding hydrogens is 134 g/mol. The van der Waals surface area contributed by atoms with Crippen molar-refractivity contribution >= 4 is 0 Å². The van der Waals surface area contributed by atoms with Crippen LogP contribution in [0.25, 0.3) is 0 Å². The Bertz CT molecular complexity index is 134. The van der Waals surface area contributed by atoms with Crippen molar-refractivity contribution < 1.29 is 0 Å². The van der Waals surface area contributed by atoms with E-state index < -0.39 is 0 Å². The van der Waals surface area contributed by atoms with Crippen molar-refractivity contribution in [2.75, 3.05) is 6.54 Å². The van der Waals surface area contributed by atoms with E-state index in [-0.39, 0.29) is 0 Å². The third kappa shape index (κ3) is 5.86. The second-order valence-corrected chi connectivity index (χ2v) is 2.54. The van der Waals surface area contributed by atoms with E-state index in [9.17, 15) is 0 Å². The van der Waals surface area contributed by atoms with E-state index in [0.717, 1.165) is 25.8 Å². The lowest BCUT2D eigenvalue weighted by Crippen LogP contribution is -1.98. The van der Waals surface area contributed by atoms with Crippen LogP contribution >= 0.6 is 0 Å². The molecule has 1 heteroatoms. The topological polar surface area (TPSA) is 26.0 Å². The third-order valence-corrected chi connectivity index (χ3v) is 1.47. The first-order valence-corrected chi connectivity index (χ1v) is 4.40. The molecule has 0 aromatic rings. The highest BCUT2D eigenvalue weighted by Crippen LogP contribution is 2.03. The molecule has 0 heterocycles. The first kappa shape index (κ1) is 10.4. The summed E-state index contributed by atoms with van der Waals surface area (Å²) in [5.74, 6) is 0. The van der Waals surface area contributed by atoms with Crippen LogP contribution in [0, 0.1) is 0 Å². The zero-order valence-electron chi connectivity index (χ0n) is 7.64. The number of allylic oxidation sites excluding steroid dienone is 3. The van der Waals surface area contributed by atoms with Crippen molar-refractivity contribution in [1.82, 2.24) is 0 Å². The van der Waals surface area contributed by atoms with Gasteiger partial charge in [0.2, 0.25) is 0 Å². The molecule has 0 aromatic heterocycles. The van der Waals surface area contributed by atoms with Gasteiger partial charge in [0.1, 0.15) is 0 Å². The maximum atomic E-state index is 5.46. The van der Waals surface area contributed by atoms with Gasteiger partial charge >= 0.3 is 0 Å². The lowest BCUT2D eigenvalue weighted by molar-refractivity contribution is 0.960. The fourth-order valence-electron chi connectivity index (χ4n) is 0.952. The Kier molecular flexibility index (Phi) is 7.16. The summed E-state index contributed by atoms with van der Waals surface area (Å²) in [6.45, 7) is 5.04. The Morgan fingerprint density at radius 1 is 1.27 bits per heavy atom. The quantitative estimate of drug-likeness (QED) is 0.604. The van der Waals surface area contributed by atoms with E-state index in [4.69, 9.17) is 5.73 Å². The zero-order chi connectivity index (χ0) is 8.53. The van der Waals surface area contributed by atoms with Gasteiger partial charge in [-0.2, -0.15) is 0 Å². The highest BCUT2D eigenvalue weighted by Gasteiger charge is 1.87. The van der Waals surface area contributed by atoms with Crippen LogP contribution < -0.4 is 5.73 Å². The van der Waals surface area contributed by atoms with Crippen molar-refractivity contribution in [3.63, 3.8) is 0 Å². The summed E-state index contributed by atoms with van der Waals surface area (Å²) < 4.78 is 0. The molecule has 2 N–H and O–H groups in total. The van der Waals surface area contributed by atoms with Crippen LogP contribution in [0.2, 0.25) is 0 Å².